The van der Waals surface area contributed by atoms with Crippen LogP contribution >= 0.6 is 0 Å². The van der Waals surface area contributed by atoms with Crippen molar-refractivity contribution in [2.45, 2.75) is 0 Å². The third-order valence-corrected chi connectivity index (χ3v) is 17.4. The maximum absolute atomic E-state index is 6.21. The molecule has 12 aromatic rings. The van der Waals surface area contributed by atoms with E-state index in [4.69, 9.17) is 19.4 Å². The molecule has 4 nitrogen and oxygen atoms in total. The molecule has 0 saturated heterocycles. The van der Waals surface area contributed by atoms with E-state index in [1.807, 2.05) is 30.3 Å². The van der Waals surface area contributed by atoms with Gasteiger partial charge in [0.25, 0.3) is 0 Å². The van der Waals surface area contributed by atoms with Crippen LogP contribution in [-0.4, -0.2) is 23.0 Å². The van der Waals surface area contributed by atoms with Crippen molar-refractivity contribution in [3.63, 3.8) is 0 Å². The topological polar surface area (TPSA) is 51.8 Å². The molecule has 0 bridgehead atoms. The van der Waals surface area contributed by atoms with Crippen molar-refractivity contribution in [2.75, 3.05) is 0 Å². The largest absolute Gasteiger partial charge is 0.456 e. The molecule has 10 aromatic carbocycles. The number of aromatic nitrogens is 3. The maximum atomic E-state index is 6.21. The highest BCUT2D eigenvalue weighted by molar-refractivity contribution is 7.19. The van der Waals surface area contributed by atoms with Crippen LogP contribution < -0.4 is 20.7 Å². The van der Waals surface area contributed by atoms with Crippen molar-refractivity contribution >= 4 is 72.3 Å². The minimum absolute atomic E-state index is 0.601. The second-order valence-corrected chi connectivity index (χ2v) is 20.2. The van der Waals surface area contributed by atoms with Gasteiger partial charge in [0.05, 0.1) is 0 Å². The molecule has 0 spiro atoms. The Morgan fingerprint density at radius 3 is 1.27 bits per heavy atom. The first-order valence-electron chi connectivity index (χ1n) is 21.7. The van der Waals surface area contributed by atoms with Crippen molar-refractivity contribution in [1.29, 1.82) is 0 Å². The molecule has 0 N–H and O–H groups in total. The zero-order valence-corrected chi connectivity index (χ0v) is 35.8. The summed E-state index contributed by atoms with van der Waals surface area (Å²) in [6.45, 7) is 0. The monoisotopic (exact) mass is 833 g/mol. The van der Waals surface area contributed by atoms with E-state index < -0.39 is 8.07 Å². The Bertz CT molecular complexity index is 3570. The van der Waals surface area contributed by atoms with E-state index in [9.17, 15) is 0 Å². The standard InChI is InChI=1S/C59H39N3OSi/c1-4-16-49(17-5-1)64(50-18-6-2-7-19-50,51-20-8-3-9-21-51)52-33-30-41(31-34-52)57-60-58(62-59(61-57)48-32-35-56-54(39-48)53-22-12-13-23-55(53)63-56)47-29-28-45-37-44(26-27-46(45)38-47)43-25-24-40-14-10-11-15-42(40)36-43/h1-39H. The molecule has 5 heteroatoms. The summed E-state index contributed by atoms with van der Waals surface area (Å²) in [5.74, 6) is 1.83. The molecule has 0 aliphatic carbocycles. The highest BCUT2D eigenvalue weighted by Gasteiger charge is 2.41. The van der Waals surface area contributed by atoms with Crippen LogP contribution in [0.5, 0.6) is 0 Å². The van der Waals surface area contributed by atoms with Crippen LogP contribution in [0.1, 0.15) is 0 Å². The lowest BCUT2D eigenvalue weighted by molar-refractivity contribution is 0.669. The molecule has 0 fully saturated rings. The van der Waals surface area contributed by atoms with Gasteiger partial charge in [-0.05, 0) is 95.9 Å². The Morgan fingerprint density at radius 2 is 0.656 bits per heavy atom. The molecule has 0 unspecified atom stereocenters. The van der Waals surface area contributed by atoms with Gasteiger partial charge in [0.15, 0.2) is 25.5 Å². The first kappa shape index (κ1) is 37.5. The van der Waals surface area contributed by atoms with Gasteiger partial charge >= 0.3 is 0 Å². The van der Waals surface area contributed by atoms with Crippen molar-refractivity contribution in [2.24, 2.45) is 0 Å². The number of furan rings is 1. The van der Waals surface area contributed by atoms with Crippen LogP contribution in [0.25, 0.3) is 88.8 Å². The molecule has 2 aromatic heterocycles. The van der Waals surface area contributed by atoms with Gasteiger partial charge in [0, 0.05) is 27.5 Å². The van der Waals surface area contributed by atoms with Gasteiger partial charge in [-0.1, -0.05) is 194 Å². The summed E-state index contributed by atoms with van der Waals surface area (Å²) >= 11 is 0. The van der Waals surface area contributed by atoms with Crippen LogP contribution in [0.15, 0.2) is 241 Å². The molecule has 0 saturated carbocycles. The fourth-order valence-electron chi connectivity index (χ4n) is 9.50. The van der Waals surface area contributed by atoms with E-state index in [2.05, 4.69) is 206 Å². The first-order valence-corrected chi connectivity index (χ1v) is 23.7. The van der Waals surface area contributed by atoms with Crippen LogP contribution in [0.4, 0.5) is 0 Å². The molecule has 64 heavy (non-hydrogen) atoms. The van der Waals surface area contributed by atoms with E-state index in [1.54, 1.807) is 0 Å². The van der Waals surface area contributed by atoms with Crippen molar-refractivity contribution in [3.8, 4) is 45.3 Å². The molecular weight excluding hydrogens is 795 g/mol. The Morgan fingerprint density at radius 1 is 0.266 bits per heavy atom. The lowest BCUT2D eigenvalue weighted by atomic mass is 9.98. The Kier molecular flexibility index (Phi) is 9.13. The van der Waals surface area contributed by atoms with Crippen LogP contribution in [0, 0.1) is 0 Å². The van der Waals surface area contributed by atoms with Gasteiger partial charge in [0.2, 0.25) is 0 Å². The molecule has 12 rings (SSSR count). The van der Waals surface area contributed by atoms with Gasteiger partial charge in [-0.25, -0.2) is 15.0 Å². The second kappa shape index (κ2) is 15.6. The lowest BCUT2D eigenvalue weighted by Gasteiger charge is -2.34. The van der Waals surface area contributed by atoms with Gasteiger partial charge in [-0.15, -0.1) is 0 Å². The minimum Gasteiger partial charge on any atom is -0.456 e. The molecule has 0 radical (unpaired) electrons. The first-order chi connectivity index (χ1) is 31.7. The molecule has 0 amide bonds. The Labute approximate surface area is 371 Å². The summed E-state index contributed by atoms with van der Waals surface area (Å²) in [6, 6.07) is 84.7. The predicted octanol–water partition coefficient (Wildman–Crippen LogP) is 12.1. The van der Waals surface area contributed by atoms with Crippen molar-refractivity contribution in [1.82, 2.24) is 15.0 Å². The normalized spacial score (nSPS) is 11.8. The average Bonchev–Trinajstić information content (AvgIpc) is 3.75. The van der Waals surface area contributed by atoms with Crippen LogP contribution in [-0.2, 0) is 0 Å². The quantitative estimate of drug-likeness (QED) is 0.113. The van der Waals surface area contributed by atoms with Gasteiger partial charge in [-0.2, -0.15) is 0 Å². The number of nitrogens with zero attached hydrogens (tertiary/aromatic N) is 3. The number of rotatable bonds is 8. The number of fused-ring (bicyclic) bond motifs is 5. The number of benzene rings is 10. The molecule has 0 aliphatic heterocycles. The van der Waals surface area contributed by atoms with E-state index >= 15 is 0 Å². The Balaban J connectivity index is 0.997. The number of hydrogen-bond donors (Lipinski definition) is 0. The fraction of sp³-hybridized carbons (Fsp3) is 0. The highest BCUT2D eigenvalue weighted by atomic mass is 28.3. The predicted molar refractivity (Wildman–Crippen MR) is 267 cm³/mol. The van der Waals surface area contributed by atoms with Crippen LogP contribution in [0.3, 0.4) is 0 Å². The number of para-hydroxylation sites is 1. The summed E-state index contributed by atoms with van der Waals surface area (Å²) in [4.78, 5) is 15.7. The summed E-state index contributed by atoms with van der Waals surface area (Å²) in [6.07, 6.45) is 0. The third kappa shape index (κ3) is 6.49. The highest BCUT2D eigenvalue weighted by Crippen LogP contribution is 2.34. The Hall–Kier alpha value is -8.25. The molecule has 0 atom stereocenters. The smallest absolute Gasteiger partial charge is 0.179 e. The van der Waals surface area contributed by atoms with E-state index in [0.29, 0.717) is 17.5 Å². The van der Waals surface area contributed by atoms with E-state index in [1.165, 1.54) is 42.6 Å². The number of hydrogen-bond acceptors (Lipinski definition) is 4. The molecule has 300 valence electrons. The maximum Gasteiger partial charge on any atom is 0.179 e. The SMILES string of the molecule is c1ccc([Si](c2ccccc2)(c2ccccc2)c2ccc(-c3nc(-c4ccc5cc(-c6ccc7ccccc7c6)ccc5c4)nc(-c4ccc5oc6ccccc6c5c4)n3)cc2)cc1. The molecule has 0 aliphatic rings. The van der Waals surface area contributed by atoms with Gasteiger partial charge < -0.3 is 4.42 Å². The minimum atomic E-state index is -2.72. The average molecular weight is 834 g/mol. The van der Waals surface area contributed by atoms with E-state index in [0.717, 1.165) is 49.4 Å². The third-order valence-electron chi connectivity index (χ3n) is 12.6. The fourth-order valence-corrected chi connectivity index (χ4v) is 14.2. The van der Waals surface area contributed by atoms with Crippen molar-refractivity contribution < 1.29 is 4.42 Å². The molecular formula is C59H39N3OSi. The van der Waals surface area contributed by atoms with Crippen LogP contribution in [0.2, 0.25) is 0 Å². The van der Waals surface area contributed by atoms with Crippen molar-refractivity contribution in [3.05, 3.63) is 237 Å². The summed E-state index contributed by atoms with van der Waals surface area (Å²) in [5.41, 5.74) is 6.79. The summed E-state index contributed by atoms with van der Waals surface area (Å²) in [7, 11) is -2.72. The molecule has 2 heterocycles. The summed E-state index contributed by atoms with van der Waals surface area (Å²) in [5, 5.41) is 12.1. The van der Waals surface area contributed by atoms with E-state index in [-0.39, 0.29) is 0 Å². The van der Waals surface area contributed by atoms with Gasteiger partial charge in [0.1, 0.15) is 11.2 Å². The zero-order valence-electron chi connectivity index (χ0n) is 34.8. The van der Waals surface area contributed by atoms with Gasteiger partial charge in [-0.3, -0.25) is 0 Å². The second-order valence-electron chi connectivity index (χ2n) is 16.4. The summed E-state index contributed by atoms with van der Waals surface area (Å²) < 4.78 is 6.21. The zero-order chi connectivity index (χ0) is 42.5. The lowest BCUT2D eigenvalue weighted by Crippen LogP contribution is -2.74.